The molecule has 0 aliphatic heterocycles. The first-order chi connectivity index (χ1) is 25.2. The van der Waals surface area contributed by atoms with Crippen LogP contribution < -0.4 is 20.7 Å². The summed E-state index contributed by atoms with van der Waals surface area (Å²) < 4.78 is 18.8. The highest BCUT2D eigenvalue weighted by Gasteiger charge is 2.24. The topological polar surface area (TPSA) is 130 Å². The minimum absolute atomic E-state index is 0.0217. The predicted molar refractivity (Wildman–Crippen MR) is 203 cm³/mol. The number of amides is 3. The van der Waals surface area contributed by atoms with E-state index in [1.165, 1.54) is 60.5 Å². The van der Waals surface area contributed by atoms with Gasteiger partial charge in [-0.2, -0.15) is 0 Å². The number of methoxy groups -OCH3 is 1. The molecule has 0 aliphatic carbocycles. The molecule has 1 heterocycles. The van der Waals surface area contributed by atoms with Crippen LogP contribution in [-0.2, 0) is 9.59 Å². The predicted octanol–water partition coefficient (Wildman–Crippen LogP) is 8.55. The van der Waals surface area contributed by atoms with E-state index in [4.69, 9.17) is 4.74 Å². The first-order valence-corrected chi connectivity index (χ1v) is 17.6. The van der Waals surface area contributed by atoms with Crippen molar-refractivity contribution in [3.63, 3.8) is 0 Å². The smallest absolute Gasteiger partial charge is 0.272 e. The first kappa shape index (κ1) is 35.6. The van der Waals surface area contributed by atoms with Crippen LogP contribution in [0.2, 0.25) is 0 Å². The molecule has 52 heavy (non-hydrogen) atoms. The number of halogens is 1. The second kappa shape index (κ2) is 16.6. The maximum Gasteiger partial charge on any atom is 0.272 e. The monoisotopic (exact) mass is 730 g/mol. The van der Waals surface area contributed by atoms with Gasteiger partial charge < -0.3 is 25.8 Å². The third kappa shape index (κ3) is 9.10. The Balaban J connectivity index is 1.23. The third-order valence-electron chi connectivity index (χ3n) is 7.61. The van der Waals surface area contributed by atoms with Gasteiger partial charge in [0.1, 0.15) is 28.3 Å². The average Bonchev–Trinajstić information content (AvgIpc) is 3.63. The van der Waals surface area contributed by atoms with Gasteiger partial charge in [0, 0.05) is 38.7 Å². The number of phenols is 1. The zero-order valence-corrected chi connectivity index (χ0v) is 29.2. The van der Waals surface area contributed by atoms with Crippen molar-refractivity contribution >= 4 is 57.7 Å². The summed E-state index contributed by atoms with van der Waals surface area (Å²) in [4.78, 5) is 45.9. The molecule has 0 fully saturated rings. The van der Waals surface area contributed by atoms with E-state index in [1.807, 2.05) is 36.4 Å². The van der Waals surface area contributed by atoms with E-state index in [0.29, 0.717) is 38.3 Å². The van der Waals surface area contributed by atoms with E-state index in [1.54, 1.807) is 72.1 Å². The number of aromatic hydroxyl groups is 1. The lowest BCUT2D eigenvalue weighted by atomic mass is 10.1. The molecule has 0 bridgehead atoms. The number of thiazole rings is 1. The van der Waals surface area contributed by atoms with Crippen molar-refractivity contribution in [2.24, 2.45) is 0 Å². The van der Waals surface area contributed by atoms with Crippen LogP contribution in [0.25, 0.3) is 17.3 Å². The van der Waals surface area contributed by atoms with Gasteiger partial charge in [-0.05, 0) is 78.4 Å². The number of thioether (sulfide) groups is 1. The summed E-state index contributed by atoms with van der Waals surface area (Å²) in [7, 11) is 1.43. The van der Waals surface area contributed by atoms with Gasteiger partial charge in [-0.15, -0.1) is 23.1 Å². The molecule has 4 N–H and O–H groups in total. The second-order valence-corrected chi connectivity index (χ2v) is 13.3. The van der Waals surface area contributed by atoms with E-state index in [2.05, 4.69) is 20.9 Å². The maximum absolute atomic E-state index is 13.8. The summed E-state index contributed by atoms with van der Waals surface area (Å²) in [6.07, 6.45) is 1.46. The van der Waals surface area contributed by atoms with Gasteiger partial charge in [0.2, 0.25) is 5.91 Å². The average molecular weight is 731 g/mol. The molecule has 260 valence electrons. The number of phenolic OH excluding ortho intramolecular Hbond substituents is 1. The van der Waals surface area contributed by atoms with E-state index < -0.39 is 17.1 Å². The molecule has 0 saturated carbocycles. The van der Waals surface area contributed by atoms with Crippen LogP contribution in [0.4, 0.5) is 15.2 Å². The molecular formula is C40H31FN4O5S2. The Morgan fingerprint density at radius 1 is 0.865 bits per heavy atom. The molecule has 0 spiro atoms. The number of anilines is 2. The molecular weight excluding hydrogens is 700 g/mol. The van der Waals surface area contributed by atoms with Gasteiger partial charge in [-0.1, -0.05) is 54.6 Å². The molecule has 1 atom stereocenters. The normalized spacial score (nSPS) is 11.7. The van der Waals surface area contributed by atoms with Crippen molar-refractivity contribution in [3.05, 3.63) is 161 Å². The first-order valence-electron chi connectivity index (χ1n) is 15.9. The third-order valence-corrected chi connectivity index (χ3v) is 9.61. The second-order valence-electron chi connectivity index (χ2n) is 11.2. The Morgan fingerprint density at radius 3 is 2.33 bits per heavy atom. The number of hydrogen-bond acceptors (Lipinski definition) is 8. The van der Waals surface area contributed by atoms with E-state index >= 15 is 0 Å². The van der Waals surface area contributed by atoms with Crippen LogP contribution in [0.3, 0.4) is 0 Å². The summed E-state index contributed by atoms with van der Waals surface area (Å²) in [5, 5.41) is 19.9. The summed E-state index contributed by atoms with van der Waals surface area (Å²) in [6, 6.07) is 35.2. The SMILES string of the molecule is COc1cc(O)ccc1/C=C(/NC(=O)c1ccccc1)C(=O)Nc1cccc(SC(C(=O)Nc2nc(-c3ccc(F)cc3)cs2)c2ccccc2)c1. The molecule has 0 aliphatic rings. The van der Waals surface area contributed by atoms with Gasteiger partial charge >= 0.3 is 0 Å². The molecule has 12 heteroatoms. The van der Waals surface area contributed by atoms with Gasteiger partial charge in [-0.3, -0.25) is 14.4 Å². The molecule has 3 amide bonds. The van der Waals surface area contributed by atoms with Crippen molar-refractivity contribution in [2.45, 2.75) is 10.1 Å². The van der Waals surface area contributed by atoms with Crippen LogP contribution >= 0.6 is 23.1 Å². The Hall–Kier alpha value is -6.24. The highest BCUT2D eigenvalue weighted by molar-refractivity contribution is 8.00. The summed E-state index contributed by atoms with van der Waals surface area (Å²) in [5.41, 5.74) is 3.25. The summed E-state index contributed by atoms with van der Waals surface area (Å²) in [6.45, 7) is 0. The van der Waals surface area contributed by atoms with E-state index in [0.717, 1.165) is 11.1 Å². The summed E-state index contributed by atoms with van der Waals surface area (Å²) in [5.74, 6) is -1.48. The largest absolute Gasteiger partial charge is 0.508 e. The fraction of sp³-hybridized carbons (Fsp3) is 0.0500. The zero-order chi connectivity index (χ0) is 36.5. The quantitative estimate of drug-likeness (QED) is 0.0734. The van der Waals surface area contributed by atoms with Gasteiger partial charge in [0.25, 0.3) is 11.8 Å². The van der Waals surface area contributed by atoms with E-state index in [-0.39, 0.29) is 23.2 Å². The lowest BCUT2D eigenvalue weighted by Gasteiger charge is -2.17. The van der Waals surface area contributed by atoms with Crippen LogP contribution in [0.15, 0.2) is 143 Å². The van der Waals surface area contributed by atoms with Crippen molar-refractivity contribution in [3.8, 4) is 22.8 Å². The lowest BCUT2D eigenvalue weighted by molar-refractivity contribution is -0.116. The molecule has 1 aromatic heterocycles. The van der Waals surface area contributed by atoms with E-state index in [9.17, 15) is 23.9 Å². The number of hydrogen-bond donors (Lipinski definition) is 4. The maximum atomic E-state index is 13.8. The number of rotatable bonds is 12. The number of nitrogens with one attached hydrogen (secondary N) is 3. The fourth-order valence-electron chi connectivity index (χ4n) is 5.05. The number of nitrogens with zero attached hydrogens (tertiary/aromatic N) is 1. The number of carbonyl (C=O) groups is 3. The van der Waals surface area contributed by atoms with Crippen molar-refractivity contribution < 1.29 is 28.6 Å². The van der Waals surface area contributed by atoms with Crippen LogP contribution in [0, 0.1) is 5.82 Å². The molecule has 6 aromatic rings. The highest BCUT2D eigenvalue weighted by Crippen LogP contribution is 2.38. The highest BCUT2D eigenvalue weighted by atomic mass is 32.2. The van der Waals surface area contributed by atoms with Crippen LogP contribution in [0.5, 0.6) is 11.5 Å². The number of carbonyl (C=O) groups excluding carboxylic acids is 3. The Bertz CT molecular complexity index is 2230. The van der Waals surface area contributed by atoms with Gasteiger partial charge in [0.05, 0.1) is 12.8 Å². The zero-order valence-electron chi connectivity index (χ0n) is 27.6. The molecule has 1 unspecified atom stereocenters. The Kier molecular flexibility index (Phi) is 11.4. The van der Waals surface area contributed by atoms with Crippen molar-refractivity contribution in [1.82, 2.24) is 10.3 Å². The molecule has 0 saturated heterocycles. The summed E-state index contributed by atoms with van der Waals surface area (Å²) >= 11 is 2.55. The lowest BCUT2D eigenvalue weighted by Crippen LogP contribution is -2.30. The minimum Gasteiger partial charge on any atom is -0.508 e. The number of benzene rings is 5. The van der Waals surface area contributed by atoms with Crippen molar-refractivity contribution in [2.75, 3.05) is 17.7 Å². The molecule has 5 aromatic carbocycles. The standard InChI is InChI=1S/C40H31FN4O5S2/c1-50-35-23-31(46)20-17-28(35)21-33(43-37(47)27-11-6-3-7-12-27)38(48)42-30-13-8-14-32(22-30)52-36(26-9-4-2-5-10-26)39(49)45-40-44-34(24-51-40)25-15-18-29(41)19-16-25/h2-24,36,46H,1H3,(H,42,48)(H,43,47)(H,44,45,49)/b33-21+. The van der Waals surface area contributed by atoms with Crippen molar-refractivity contribution in [1.29, 1.82) is 0 Å². The van der Waals surface area contributed by atoms with Gasteiger partial charge in [-0.25, -0.2) is 9.37 Å². The van der Waals surface area contributed by atoms with Gasteiger partial charge in [0.15, 0.2) is 5.13 Å². The Labute approximate surface area is 307 Å². The number of aromatic nitrogens is 1. The fourth-order valence-corrected chi connectivity index (χ4v) is 6.86. The molecule has 0 radical (unpaired) electrons. The van der Waals surface area contributed by atoms with Crippen LogP contribution in [-0.4, -0.2) is 34.9 Å². The minimum atomic E-state index is -0.687. The number of ether oxygens (including phenoxy) is 1. The van der Waals surface area contributed by atoms with Crippen LogP contribution in [0.1, 0.15) is 26.7 Å². The Morgan fingerprint density at radius 2 is 1.60 bits per heavy atom. The molecule has 9 nitrogen and oxygen atoms in total. The molecule has 6 rings (SSSR count).